The van der Waals surface area contributed by atoms with Crippen molar-refractivity contribution in [2.24, 2.45) is 5.84 Å². The summed E-state index contributed by atoms with van der Waals surface area (Å²) in [6.07, 6.45) is 2.21. The van der Waals surface area contributed by atoms with Crippen molar-refractivity contribution >= 4 is 11.7 Å². The van der Waals surface area contributed by atoms with E-state index in [0.29, 0.717) is 29.9 Å². The van der Waals surface area contributed by atoms with Gasteiger partial charge in [-0.3, -0.25) is 20.0 Å². The van der Waals surface area contributed by atoms with Gasteiger partial charge in [0.25, 0.3) is 5.91 Å². The highest BCUT2D eigenvalue weighted by Gasteiger charge is 2.10. The van der Waals surface area contributed by atoms with E-state index in [2.05, 4.69) is 10.4 Å². The maximum Gasteiger partial charge on any atom is 0.265 e. The van der Waals surface area contributed by atoms with E-state index in [-0.39, 0.29) is 11.7 Å². The number of hydrogen-bond acceptors (Lipinski definition) is 5. The highest BCUT2D eigenvalue weighted by atomic mass is 16.5. The van der Waals surface area contributed by atoms with Crippen molar-refractivity contribution in [3.63, 3.8) is 0 Å². The summed E-state index contributed by atoms with van der Waals surface area (Å²) in [5, 5.41) is 0. The van der Waals surface area contributed by atoms with Crippen LogP contribution in [0.2, 0.25) is 0 Å². The van der Waals surface area contributed by atoms with Crippen LogP contribution in [0.25, 0.3) is 11.3 Å². The Morgan fingerprint density at radius 3 is 2.48 bits per heavy atom. The molecule has 0 bridgehead atoms. The highest BCUT2D eigenvalue weighted by Crippen LogP contribution is 2.22. The van der Waals surface area contributed by atoms with Gasteiger partial charge >= 0.3 is 0 Å². The third kappa shape index (κ3) is 4.86. The summed E-state index contributed by atoms with van der Waals surface area (Å²) in [6, 6.07) is 16.5. The number of ketones is 1. The summed E-state index contributed by atoms with van der Waals surface area (Å²) in [6.45, 7) is 4.08. The summed E-state index contributed by atoms with van der Waals surface area (Å²) < 4.78 is 5.83. The Morgan fingerprint density at radius 2 is 1.83 bits per heavy atom. The zero-order chi connectivity index (χ0) is 20.8. The molecule has 0 aliphatic carbocycles. The number of Topliss-reactive ketones (excluding diaryl/α,β-unsaturated/α-hetero) is 1. The van der Waals surface area contributed by atoms with Gasteiger partial charge in [-0.05, 0) is 66.6 Å². The fraction of sp³-hybridized carbons (Fsp3) is 0.174. The molecular formula is C23H23N3O3. The van der Waals surface area contributed by atoms with E-state index in [1.807, 2.05) is 38.1 Å². The molecule has 148 valence electrons. The van der Waals surface area contributed by atoms with Crippen molar-refractivity contribution in [1.82, 2.24) is 10.4 Å². The van der Waals surface area contributed by atoms with Crippen molar-refractivity contribution in [2.75, 3.05) is 0 Å². The van der Waals surface area contributed by atoms with E-state index in [0.717, 1.165) is 22.4 Å². The zero-order valence-corrected chi connectivity index (χ0v) is 16.4. The monoisotopic (exact) mass is 389 g/mol. The summed E-state index contributed by atoms with van der Waals surface area (Å²) in [5.41, 5.74) is 6.83. The Labute approximate surface area is 169 Å². The van der Waals surface area contributed by atoms with Crippen molar-refractivity contribution in [3.05, 3.63) is 83.0 Å². The molecule has 0 aliphatic heterocycles. The smallest absolute Gasteiger partial charge is 0.265 e. The van der Waals surface area contributed by atoms with Crippen LogP contribution in [-0.4, -0.2) is 16.7 Å². The predicted molar refractivity (Wildman–Crippen MR) is 111 cm³/mol. The number of aryl methyl sites for hydroxylation is 1. The molecule has 2 aromatic carbocycles. The van der Waals surface area contributed by atoms with Crippen LogP contribution in [-0.2, 0) is 6.61 Å². The largest absolute Gasteiger partial charge is 0.489 e. The number of aromatic nitrogens is 1. The van der Waals surface area contributed by atoms with Crippen molar-refractivity contribution < 1.29 is 14.3 Å². The minimum absolute atomic E-state index is 0.112. The molecule has 0 saturated carbocycles. The lowest BCUT2D eigenvalue weighted by Crippen LogP contribution is -2.30. The molecule has 1 amide bonds. The number of pyridine rings is 1. The predicted octanol–water partition coefficient (Wildman–Crippen LogP) is 3.83. The van der Waals surface area contributed by atoms with Gasteiger partial charge in [0.1, 0.15) is 12.4 Å². The summed E-state index contributed by atoms with van der Waals surface area (Å²) in [4.78, 5) is 27.9. The first-order chi connectivity index (χ1) is 14.0. The third-order valence-electron chi connectivity index (χ3n) is 4.63. The molecule has 1 heterocycles. The molecule has 0 aliphatic rings. The molecule has 0 unspecified atom stereocenters. The van der Waals surface area contributed by atoms with Crippen LogP contribution in [0.1, 0.15) is 45.2 Å². The molecule has 3 aromatic rings. The van der Waals surface area contributed by atoms with Crippen LogP contribution >= 0.6 is 0 Å². The summed E-state index contributed by atoms with van der Waals surface area (Å²) in [5.74, 6) is 5.70. The van der Waals surface area contributed by atoms with Gasteiger partial charge in [0.05, 0.1) is 5.69 Å². The second-order valence-corrected chi connectivity index (χ2v) is 6.64. The molecule has 0 spiro atoms. The number of nitrogens with one attached hydrogen (secondary N) is 1. The van der Waals surface area contributed by atoms with E-state index >= 15 is 0 Å². The molecule has 0 fully saturated rings. The second kappa shape index (κ2) is 9.12. The molecule has 3 N–H and O–H groups in total. The molecule has 6 nitrogen and oxygen atoms in total. The normalized spacial score (nSPS) is 10.4. The molecule has 0 atom stereocenters. The molecule has 3 rings (SSSR count). The zero-order valence-electron chi connectivity index (χ0n) is 16.4. The number of benzene rings is 2. The van der Waals surface area contributed by atoms with Crippen LogP contribution in [0.4, 0.5) is 0 Å². The van der Waals surface area contributed by atoms with Gasteiger partial charge in [-0.1, -0.05) is 13.0 Å². The first-order valence-electron chi connectivity index (χ1n) is 9.34. The number of rotatable bonds is 7. The third-order valence-corrected chi connectivity index (χ3v) is 4.63. The number of nitrogens with zero attached hydrogens (tertiary/aromatic N) is 1. The van der Waals surface area contributed by atoms with Crippen LogP contribution in [0.3, 0.4) is 0 Å². The maximum atomic E-state index is 11.7. The van der Waals surface area contributed by atoms with E-state index in [1.54, 1.807) is 36.5 Å². The average Bonchev–Trinajstić information content (AvgIpc) is 2.77. The van der Waals surface area contributed by atoms with E-state index in [9.17, 15) is 9.59 Å². The number of nitrogen functional groups attached to an aromatic ring is 1. The van der Waals surface area contributed by atoms with E-state index < -0.39 is 0 Å². The SMILES string of the molecule is CCC(=O)c1ccc(OCc2ccnc(-c3ccc(C(=O)NN)c(C)c3)c2)cc1. The van der Waals surface area contributed by atoms with Crippen LogP contribution in [0.15, 0.2) is 60.8 Å². The van der Waals surface area contributed by atoms with Gasteiger partial charge in [0.15, 0.2) is 5.78 Å². The Hall–Kier alpha value is -3.51. The number of carbonyl (C=O) groups excluding carboxylic acids is 2. The van der Waals surface area contributed by atoms with Crippen molar-refractivity contribution in [1.29, 1.82) is 0 Å². The van der Waals surface area contributed by atoms with Crippen molar-refractivity contribution in [3.8, 4) is 17.0 Å². The Bertz CT molecular complexity index is 1030. The lowest BCUT2D eigenvalue weighted by molar-refractivity contribution is 0.0951. The Kier molecular flexibility index (Phi) is 6.36. The van der Waals surface area contributed by atoms with E-state index in [4.69, 9.17) is 10.6 Å². The number of amides is 1. The number of carbonyl (C=O) groups is 2. The molecule has 0 saturated heterocycles. The second-order valence-electron chi connectivity index (χ2n) is 6.64. The first-order valence-corrected chi connectivity index (χ1v) is 9.34. The first kappa shape index (κ1) is 20.2. The fourth-order valence-corrected chi connectivity index (χ4v) is 2.99. The van der Waals surface area contributed by atoms with Gasteiger partial charge in [0, 0.05) is 29.3 Å². The summed E-state index contributed by atoms with van der Waals surface area (Å²) in [7, 11) is 0. The quantitative estimate of drug-likeness (QED) is 0.277. The lowest BCUT2D eigenvalue weighted by atomic mass is 10.0. The van der Waals surface area contributed by atoms with Crippen molar-refractivity contribution in [2.45, 2.75) is 26.9 Å². The van der Waals surface area contributed by atoms with Gasteiger partial charge in [-0.2, -0.15) is 0 Å². The van der Waals surface area contributed by atoms with Crippen LogP contribution in [0, 0.1) is 6.92 Å². The fourth-order valence-electron chi connectivity index (χ4n) is 2.99. The summed E-state index contributed by atoms with van der Waals surface area (Å²) >= 11 is 0. The number of hydrogen-bond donors (Lipinski definition) is 2. The topological polar surface area (TPSA) is 94.3 Å². The number of nitrogens with two attached hydrogens (primary N) is 1. The molecule has 6 heteroatoms. The minimum Gasteiger partial charge on any atom is -0.489 e. The molecular weight excluding hydrogens is 366 g/mol. The molecule has 1 aromatic heterocycles. The van der Waals surface area contributed by atoms with Gasteiger partial charge in [-0.15, -0.1) is 0 Å². The standard InChI is InChI=1S/C23H23N3O3/c1-3-22(27)17-4-7-19(8-5-17)29-14-16-10-11-25-21(13-16)18-6-9-20(15(2)12-18)23(28)26-24/h4-13H,3,14,24H2,1-2H3,(H,26,28). The average molecular weight is 389 g/mol. The Balaban J connectivity index is 1.72. The Morgan fingerprint density at radius 1 is 1.07 bits per heavy atom. The number of ether oxygens (including phenoxy) is 1. The maximum absolute atomic E-state index is 11.7. The van der Waals surface area contributed by atoms with Gasteiger partial charge in [0.2, 0.25) is 0 Å². The minimum atomic E-state index is -0.323. The molecule has 0 radical (unpaired) electrons. The van der Waals surface area contributed by atoms with Crippen LogP contribution < -0.4 is 16.0 Å². The van der Waals surface area contributed by atoms with Gasteiger partial charge < -0.3 is 4.74 Å². The van der Waals surface area contributed by atoms with Crippen LogP contribution in [0.5, 0.6) is 5.75 Å². The van der Waals surface area contributed by atoms with E-state index in [1.165, 1.54) is 0 Å². The molecule has 29 heavy (non-hydrogen) atoms. The highest BCUT2D eigenvalue weighted by molar-refractivity contribution is 5.96. The van der Waals surface area contributed by atoms with Gasteiger partial charge in [-0.25, -0.2) is 5.84 Å². The lowest BCUT2D eigenvalue weighted by Gasteiger charge is -2.10. The number of hydrazine groups is 1.